The molecule has 2 aromatic rings. The molecule has 0 amide bonds. The lowest BCUT2D eigenvalue weighted by molar-refractivity contribution is 0.0514. The van der Waals surface area contributed by atoms with Crippen molar-refractivity contribution in [2.75, 3.05) is 26.8 Å². The minimum Gasteiger partial charge on any atom is -0.381 e. The summed E-state index contributed by atoms with van der Waals surface area (Å²) in [5.74, 6) is -0.413. The van der Waals surface area contributed by atoms with Crippen molar-refractivity contribution in [3.05, 3.63) is 70.2 Å². The van der Waals surface area contributed by atoms with Crippen LogP contribution in [0.15, 0.2) is 47.5 Å². The molecule has 29 heavy (non-hydrogen) atoms. The number of hydrogen-bond donors (Lipinski definition) is 2. The van der Waals surface area contributed by atoms with Crippen LogP contribution in [0.5, 0.6) is 0 Å². The van der Waals surface area contributed by atoms with E-state index in [2.05, 4.69) is 15.6 Å². The zero-order valence-electron chi connectivity index (χ0n) is 16.2. The van der Waals surface area contributed by atoms with Crippen LogP contribution >= 0.6 is 35.6 Å². The van der Waals surface area contributed by atoms with Gasteiger partial charge in [0.1, 0.15) is 11.6 Å². The van der Waals surface area contributed by atoms with Crippen LogP contribution in [0.1, 0.15) is 24.0 Å². The third-order valence-electron chi connectivity index (χ3n) is 5.17. The molecule has 0 aliphatic carbocycles. The maximum atomic E-state index is 13.8. The van der Waals surface area contributed by atoms with Crippen molar-refractivity contribution in [2.24, 2.45) is 4.99 Å². The Morgan fingerprint density at radius 3 is 2.55 bits per heavy atom. The molecule has 0 atom stereocenters. The van der Waals surface area contributed by atoms with Gasteiger partial charge in [0.25, 0.3) is 0 Å². The molecule has 4 nitrogen and oxygen atoms in total. The standard InChI is InChI=1S/C21H24ClF2N3O.HI/c1-25-20(26-13-15-12-16(23)6-7-19(15)24)27-14-21(8-10-28-11-9-21)17-4-2-3-5-18(17)22;/h2-7,12H,8-11,13-14H2,1H3,(H2,25,26,27);1H. The number of nitrogens with one attached hydrogen (secondary N) is 2. The molecule has 0 spiro atoms. The van der Waals surface area contributed by atoms with E-state index in [4.69, 9.17) is 16.3 Å². The molecule has 1 aliphatic heterocycles. The van der Waals surface area contributed by atoms with E-state index in [0.29, 0.717) is 25.7 Å². The Labute approximate surface area is 192 Å². The van der Waals surface area contributed by atoms with Crippen LogP contribution in [-0.2, 0) is 16.7 Å². The van der Waals surface area contributed by atoms with Gasteiger partial charge in [-0.3, -0.25) is 4.99 Å². The number of nitrogens with zero attached hydrogens (tertiary/aromatic N) is 1. The Morgan fingerprint density at radius 2 is 1.86 bits per heavy atom. The fraction of sp³-hybridized carbons (Fsp3) is 0.381. The quantitative estimate of drug-likeness (QED) is 0.333. The summed E-state index contributed by atoms with van der Waals surface area (Å²) < 4.78 is 32.7. The number of halogens is 4. The van der Waals surface area contributed by atoms with Gasteiger partial charge in [0.05, 0.1) is 0 Å². The first kappa shape index (κ1) is 23.8. The number of ether oxygens (including phenoxy) is 1. The first-order valence-corrected chi connectivity index (χ1v) is 9.63. The molecule has 1 saturated heterocycles. The molecule has 158 valence electrons. The number of aliphatic imine (C=N–C) groups is 1. The summed E-state index contributed by atoms with van der Waals surface area (Å²) in [5.41, 5.74) is 1.15. The highest BCUT2D eigenvalue weighted by Crippen LogP contribution is 2.38. The zero-order chi connectivity index (χ0) is 20.0. The van der Waals surface area contributed by atoms with Gasteiger partial charge in [0.15, 0.2) is 5.96 Å². The van der Waals surface area contributed by atoms with E-state index in [-0.39, 0.29) is 41.5 Å². The van der Waals surface area contributed by atoms with Gasteiger partial charge >= 0.3 is 0 Å². The fourth-order valence-electron chi connectivity index (χ4n) is 3.53. The third kappa shape index (κ3) is 6.02. The average molecular weight is 536 g/mol. The summed E-state index contributed by atoms with van der Waals surface area (Å²) in [6.07, 6.45) is 1.67. The lowest BCUT2D eigenvalue weighted by atomic mass is 9.74. The molecule has 0 radical (unpaired) electrons. The minimum atomic E-state index is -0.471. The molecule has 0 aromatic heterocycles. The second kappa shape index (κ2) is 11.1. The van der Waals surface area contributed by atoms with E-state index in [1.54, 1.807) is 7.05 Å². The van der Waals surface area contributed by atoms with Gasteiger partial charge in [-0.25, -0.2) is 8.78 Å². The predicted octanol–water partition coefficient (Wildman–Crippen LogP) is 4.65. The van der Waals surface area contributed by atoms with E-state index in [9.17, 15) is 8.78 Å². The highest BCUT2D eigenvalue weighted by Gasteiger charge is 2.36. The molecular formula is C21H25ClF2IN3O. The van der Waals surface area contributed by atoms with Crippen LogP contribution in [0.3, 0.4) is 0 Å². The van der Waals surface area contributed by atoms with Crippen molar-refractivity contribution in [2.45, 2.75) is 24.8 Å². The molecule has 1 fully saturated rings. The molecule has 1 aliphatic rings. The van der Waals surface area contributed by atoms with Gasteiger partial charge in [-0.1, -0.05) is 29.8 Å². The molecule has 0 saturated carbocycles. The van der Waals surface area contributed by atoms with Crippen LogP contribution < -0.4 is 10.6 Å². The smallest absolute Gasteiger partial charge is 0.191 e. The maximum Gasteiger partial charge on any atom is 0.191 e. The molecule has 8 heteroatoms. The Kier molecular flexibility index (Phi) is 9.10. The van der Waals surface area contributed by atoms with Gasteiger partial charge in [0, 0.05) is 49.4 Å². The monoisotopic (exact) mass is 535 g/mol. The Hall–Kier alpha value is -1.45. The third-order valence-corrected chi connectivity index (χ3v) is 5.50. The Bertz CT molecular complexity index is 844. The molecule has 0 unspecified atom stereocenters. The number of hydrogen-bond acceptors (Lipinski definition) is 2. The van der Waals surface area contributed by atoms with Crippen molar-refractivity contribution in [3.8, 4) is 0 Å². The topological polar surface area (TPSA) is 45.7 Å². The molecule has 2 aromatic carbocycles. The lowest BCUT2D eigenvalue weighted by Gasteiger charge is -2.38. The van der Waals surface area contributed by atoms with E-state index < -0.39 is 11.6 Å². The SMILES string of the molecule is CN=C(NCc1cc(F)ccc1F)NCC1(c2ccccc2Cl)CCOCC1.I. The first-order valence-electron chi connectivity index (χ1n) is 9.25. The van der Waals surface area contributed by atoms with E-state index in [1.165, 1.54) is 6.07 Å². The Balaban J connectivity index is 0.00000300. The van der Waals surface area contributed by atoms with E-state index in [0.717, 1.165) is 35.6 Å². The number of guanidine groups is 1. The highest BCUT2D eigenvalue weighted by molar-refractivity contribution is 14.0. The predicted molar refractivity (Wildman–Crippen MR) is 123 cm³/mol. The van der Waals surface area contributed by atoms with Gasteiger partial charge in [0.2, 0.25) is 0 Å². The number of benzene rings is 2. The zero-order valence-corrected chi connectivity index (χ0v) is 19.3. The maximum absolute atomic E-state index is 13.8. The van der Waals surface area contributed by atoms with Gasteiger partial charge < -0.3 is 15.4 Å². The summed E-state index contributed by atoms with van der Waals surface area (Å²) in [6, 6.07) is 11.3. The fourth-order valence-corrected chi connectivity index (χ4v) is 3.86. The summed E-state index contributed by atoms with van der Waals surface area (Å²) in [7, 11) is 1.64. The minimum absolute atomic E-state index is 0. The summed E-state index contributed by atoms with van der Waals surface area (Å²) >= 11 is 6.48. The largest absolute Gasteiger partial charge is 0.381 e. The van der Waals surface area contributed by atoms with E-state index in [1.807, 2.05) is 24.3 Å². The second-order valence-corrected chi connectivity index (χ2v) is 7.29. The molecular weight excluding hydrogens is 511 g/mol. The molecule has 1 heterocycles. The summed E-state index contributed by atoms with van der Waals surface area (Å²) in [4.78, 5) is 4.20. The summed E-state index contributed by atoms with van der Waals surface area (Å²) in [6.45, 7) is 2.05. The molecule has 3 rings (SSSR count). The van der Waals surface area contributed by atoms with Crippen molar-refractivity contribution in [3.63, 3.8) is 0 Å². The van der Waals surface area contributed by atoms with Gasteiger partial charge in [-0.05, 0) is 42.7 Å². The van der Waals surface area contributed by atoms with Crippen LogP contribution in [0.2, 0.25) is 5.02 Å². The van der Waals surface area contributed by atoms with Gasteiger partial charge in [-0.2, -0.15) is 0 Å². The normalized spacial score (nSPS) is 16.1. The van der Waals surface area contributed by atoms with Crippen LogP contribution in [0, 0.1) is 11.6 Å². The lowest BCUT2D eigenvalue weighted by Crippen LogP contribution is -2.48. The average Bonchev–Trinajstić information content (AvgIpc) is 2.71. The molecule has 2 N–H and O–H groups in total. The molecule has 0 bridgehead atoms. The summed E-state index contributed by atoms with van der Waals surface area (Å²) in [5, 5.41) is 7.10. The highest BCUT2D eigenvalue weighted by atomic mass is 127. The van der Waals surface area contributed by atoms with Crippen molar-refractivity contribution in [1.29, 1.82) is 0 Å². The second-order valence-electron chi connectivity index (χ2n) is 6.89. The Morgan fingerprint density at radius 1 is 1.14 bits per heavy atom. The van der Waals surface area contributed by atoms with Crippen molar-refractivity contribution in [1.82, 2.24) is 10.6 Å². The van der Waals surface area contributed by atoms with Crippen LogP contribution in [0.4, 0.5) is 8.78 Å². The van der Waals surface area contributed by atoms with Crippen molar-refractivity contribution >= 4 is 41.5 Å². The first-order chi connectivity index (χ1) is 13.5. The van der Waals surface area contributed by atoms with Crippen LogP contribution in [0.25, 0.3) is 0 Å². The van der Waals surface area contributed by atoms with Crippen LogP contribution in [-0.4, -0.2) is 32.8 Å². The van der Waals surface area contributed by atoms with Crippen molar-refractivity contribution < 1.29 is 13.5 Å². The van der Waals surface area contributed by atoms with E-state index >= 15 is 0 Å². The van der Waals surface area contributed by atoms with Gasteiger partial charge in [-0.15, -0.1) is 24.0 Å². The number of rotatable bonds is 5.